The van der Waals surface area contributed by atoms with E-state index in [0.717, 1.165) is 17.1 Å². The Hall–Kier alpha value is -0.790. The second-order valence-electron chi connectivity index (χ2n) is 5.34. The lowest BCUT2D eigenvalue weighted by molar-refractivity contribution is 0.578. The molecule has 2 atom stereocenters. The molecule has 0 aliphatic carbocycles. The number of pyridine rings is 1. The summed E-state index contributed by atoms with van der Waals surface area (Å²) in [6.07, 6.45) is 2.42. The van der Waals surface area contributed by atoms with Crippen molar-refractivity contribution in [2.75, 3.05) is 28.7 Å². The monoisotopic (exact) mass is 329 g/mol. The van der Waals surface area contributed by atoms with Crippen molar-refractivity contribution in [2.24, 2.45) is 5.73 Å². The lowest BCUT2D eigenvalue weighted by Crippen LogP contribution is -2.48. The molecule has 1 aromatic heterocycles. The Morgan fingerprint density at radius 3 is 3.00 bits per heavy atom. The number of rotatable bonds is 5. The smallest absolute Gasteiger partial charge is 0.171 e. The van der Waals surface area contributed by atoms with Crippen LogP contribution in [-0.2, 0) is 16.3 Å². The van der Waals surface area contributed by atoms with Crippen molar-refractivity contribution in [3.05, 3.63) is 23.9 Å². The Bertz CT molecular complexity index is 575. The molecule has 2 rings (SSSR count). The maximum absolute atomic E-state index is 12.4. The van der Waals surface area contributed by atoms with Crippen LogP contribution in [0.3, 0.4) is 0 Å². The van der Waals surface area contributed by atoms with Crippen molar-refractivity contribution < 1.29 is 8.42 Å². The predicted molar refractivity (Wildman–Crippen MR) is 89.5 cm³/mol. The zero-order valence-corrected chi connectivity index (χ0v) is 14.2. The maximum Gasteiger partial charge on any atom is 0.171 e. The fourth-order valence-electron chi connectivity index (χ4n) is 2.51. The van der Waals surface area contributed by atoms with Gasteiger partial charge in [0, 0.05) is 36.0 Å². The summed E-state index contributed by atoms with van der Waals surface area (Å²) in [5.74, 6) is 2.45. The minimum Gasteiger partial charge on any atom is -0.338 e. The molecule has 0 spiro atoms. The van der Waals surface area contributed by atoms with Crippen LogP contribution in [0.25, 0.3) is 0 Å². The molecule has 1 saturated heterocycles. The molecule has 1 aromatic rings. The van der Waals surface area contributed by atoms with Crippen LogP contribution in [0.5, 0.6) is 0 Å². The molecule has 118 valence electrons. The van der Waals surface area contributed by atoms with E-state index in [1.165, 1.54) is 0 Å². The van der Waals surface area contributed by atoms with Crippen LogP contribution in [0.1, 0.15) is 19.4 Å². The third-order valence-electron chi connectivity index (χ3n) is 3.58. The van der Waals surface area contributed by atoms with Gasteiger partial charge in [-0.15, -0.1) is 0 Å². The summed E-state index contributed by atoms with van der Waals surface area (Å²) in [6.45, 7) is 4.36. The Kier molecular flexibility index (Phi) is 5.51. The Labute approximate surface area is 131 Å². The summed E-state index contributed by atoms with van der Waals surface area (Å²) in [7, 11) is -3.13. The van der Waals surface area contributed by atoms with Crippen LogP contribution in [0.2, 0.25) is 0 Å². The molecule has 1 fully saturated rings. The molecule has 1 aliphatic heterocycles. The second kappa shape index (κ2) is 6.98. The zero-order chi connectivity index (χ0) is 15.5. The first-order chi connectivity index (χ1) is 9.95. The average Bonchev–Trinajstić information content (AvgIpc) is 2.47. The van der Waals surface area contributed by atoms with E-state index in [1.807, 2.05) is 24.0 Å². The first kappa shape index (κ1) is 16.6. The average molecular weight is 329 g/mol. The Balaban J connectivity index is 2.38. The lowest BCUT2D eigenvalue weighted by atomic mass is 10.1. The fourth-order valence-corrected chi connectivity index (χ4v) is 5.48. The third kappa shape index (κ3) is 3.90. The van der Waals surface area contributed by atoms with Crippen LogP contribution >= 0.6 is 11.8 Å². The minimum atomic E-state index is -3.13. The van der Waals surface area contributed by atoms with Gasteiger partial charge in [-0.25, -0.2) is 13.4 Å². The molecule has 2 N–H and O–H groups in total. The molecular weight excluding hydrogens is 306 g/mol. The van der Waals surface area contributed by atoms with Crippen LogP contribution in [-0.4, -0.2) is 48.6 Å². The third-order valence-corrected chi connectivity index (χ3v) is 6.87. The van der Waals surface area contributed by atoms with Gasteiger partial charge in [0.15, 0.2) is 9.84 Å². The predicted octanol–water partition coefficient (Wildman–Crippen LogP) is 1.29. The van der Waals surface area contributed by atoms with Gasteiger partial charge in [-0.3, -0.25) is 0 Å². The molecule has 7 heteroatoms. The number of hydrogen-bond acceptors (Lipinski definition) is 6. The lowest BCUT2D eigenvalue weighted by Gasteiger charge is -2.36. The van der Waals surface area contributed by atoms with Crippen molar-refractivity contribution in [3.63, 3.8) is 0 Å². The summed E-state index contributed by atoms with van der Waals surface area (Å²) in [5.41, 5.74) is 6.92. The normalized spacial score (nSPS) is 21.3. The number of hydrogen-bond donors (Lipinski definition) is 1. The number of anilines is 1. The first-order valence-corrected chi connectivity index (χ1v) is 10.1. The van der Waals surface area contributed by atoms with E-state index in [9.17, 15) is 8.42 Å². The molecule has 0 amide bonds. The van der Waals surface area contributed by atoms with E-state index >= 15 is 0 Å². The van der Waals surface area contributed by atoms with Crippen molar-refractivity contribution >= 4 is 27.4 Å². The van der Waals surface area contributed by atoms with Gasteiger partial charge in [0.2, 0.25) is 0 Å². The van der Waals surface area contributed by atoms with Gasteiger partial charge in [-0.05, 0) is 25.0 Å². The van der Waals surface area contributed by atoms with Crippen molar-refractivity contribution in [1.29, 1.82) is 0 Å². The highest BCUT2D eigenvalue weighted by Gasteiger charge is 2.34. The van der Waals surface area contributed by atoms with Gasteiger partial charge in [0.1, 0.15) is 11.2 Å². The highest BCUT2D eigenvalue weighted by atomic mass is 32.2. The molecule has 1 aliphatic rings. The largest absolute Gasteiger partial charge is 0.338 e. The summed E-state index contributed by atoms with van der Waals surface area (Å²) in [5, 5.41) is -0.483. The number of nitrogens with two attached hydrogens (primary N) is 1. The molecule has 0 aromatic carbocycles. The van der Waals surface area contributed by atoms with E-state index in [4.69, 9.17) is 5.73 Å². The maximum atomic E-state index is 12.4. The molecule has 2 unspecified atom stereocenters. The summed E-state index contributed by atoms with van der Waals surface area (Å²) in [4.78, 5) is 6.40. The van der Waals surface area contributed by atoms with Gasteiger partial charge >= 0.3 is 0 Å². The second-order valence-corrected chi connectivity index (χ2v) is 8.94. The molecule has 21 heavy (non-hydrogen) atoms. The number of aromatic nitrogens is 1. The van der Waals surface area contributed by atoms with Gasteiger partial charge in [-0.2, -0.15) is 11.8 Å². The number of sulfone groups is 1. The van der Waals surface area contributed by atoms with Crippen molar-refractivity contribution in [2.45, 2.75) is 31.7 Å². The molecule has 0 saturated carbocycles. The van der Waals surface area contributed by atoms with E-state index in [0.29, 0.717) is 18.7 Å². The Morgan fingerprint density at radius 2 is 2.33 bits per heavy atom. The van der Waals surface area contributed by atoms with E-state index in [2.05, 4.69) is 4.98 Å². The standard InChI is InChI=1S/C14H23N3O2S2/c1-3-21(18,19)13-10-20-8-7-17(13)14-12(9-11(2)15)5-4-6-16-14/h4-6,11,13H,3,7-10,15H2,1-2H3. The summed E-state index contributed by atoms with van der Waals surface area (Å²) in [6, 6.07) is 3.89. The first-order valence-electron chi connectivity index (χ1n) is 7.21. The Morgan fingerprint density at radius 1 is 1.57 bits per heavy atom. The van der Waals surface area contributed by atoms with Gasteiger partial charge in [0.25, 0.3) is 0 Å². The van der Waals surface area contributed by atoms with Gasteiger partial charge < -0.3 is 10.6 Å². The fraction of sp³-hybridized carbons (Fsp3) is 0.643. The van der Waals surface area contributed by atoms with Crippen LogP contribution in [0, 0.1) is 0 Å². The molecule has 5 nitrogen and oxygen atoms in total. The minimum absolute atomic E-state index is 0.0216. The van der Waals surface area contributed by atoms with Crippen LogP contribution in [0.4, 0.5) is 5.82 Å². The topological polar surface area (TPSA) is 76.3 Å². The van der Waals surface area contributed by atoms with Crippen molar-refractivity contribution in [3.8, 4) is 0 Å². The highest BCUT2D eigenvalue weighted by Crippen LogP contribution is 2.28. The summed E-state index contributed by atoms with van der Waals surface area (Å²) >= 11 is 1.69. The number of thioether (sulfide) groups is 1. The van der Waals surface area contributed by atoms with E-state index in [1.54, 1.807) is 24.9 Å². The molecule has 0 radical (unpaired) electrons. The quantitative estimate of drug-likeness (QED) is 0.877. The van der Waals surface area contributed by atoms with Gasteiger partial charge in [-0.1, -0.05) is 13.0 Å². The van der Waals surface area contributed by atoms with Crippen LogP contribution in [0.15, 0.2) is 18.3 Å². The number of nitrogens with zero attached hydrogens (tertiary/aromatic N) is 2. The van der Waals surface area contributed by atoms with E-state index < -0.39 is 15.2 Å². The van der Waals surface area contributed by atoms with Gasteiger partial charge in [0.05, 0.1) is 0 Å². The molecular formula is C14H23N3O2S2. The SMILES string of the molecule is CCS(=O)(=O)C1CSCCN1c1ncccc1CC(C)N. The molecule has 2 heterocycles. The van der Waals surface area contributed by atoms with E-state index in [-0.39, 0.29) is 11.8 Å². The summed E-state index contributed by atoms with van der Waals surface area (Å²) < 4.78 is 24.7. The molecule has 0 bridgehead atoms. The van der Waals surface area contributed by atoms with Crippen molar-refractivity contribution in [1.82, 2.24) is 4.98 Å². The van der Waals surface area contributed by atoms with Crippen LogP contribution < -0.4 is 10.6 Å². The highest BCUT2D eigenvalue weighted by molar-refractivity contribution is 8.01. The zero-order valence-electron chi connectivity index (χ0n) is 12.5.